The summed E-state index contributed by atoms with van der Waals surface area (Å²) in [6, 6.07) is 8.76. The van der Waals surface area contributed by atoms with Crippen molar-refractivity contribution in [2.24, 2.45) is 0 Å². The van der Waals surface area contributed by atoms with Crippen molar-refractivity contribution in [3.8, 4) is 0 Å². The van der Waals surface area contributed by atoms with E-state index in [1.807, 2.05) is 0 Å². The van der Waals surface area contributed by atoms with Gasteiger partial charge in [0.1, 0.15) is 5.01 Å². The Morgan fingerprint density at radius 1 is 1.29 bits per heavy atom. The molecule has 0 radical (unpaired) electrons. The summed E-state index contributed by atoms with van der Waals surface area (Å²) in [7, 11) is 1.73. The molecule has 1 heterocycles. The van der Waals surface area contributed by atoms with Crippen molar-refractivity contribution in [3.63, 3.8) is 0 Å². The molecule has 2 rings (SSSR count). The number of benzene rings is 1. The fourth-order valence-electron chi connectivity index (χ4n) is 2.39. The van der Waals surface area contributed by atoms with Crippen LogP contribution in [0.4, 0.5) is 0 Å². The number of aromatic nitrogens is 1. The molecule has 1 N–H and O–H groups in total. The van der Waals surface area contributed by atoms with Crippen molar-refractivity contribution >= 4 is 11.3 Å². The van der Waals surface area contributed by atoms with E-state index < -0.39 is 0 Å². The van der Waals surface area contributed by atoms with Crippen molar-refractivity contribution in [3.05, 3.63) is 51.0 Å². The van der Waals surface area contributed by atoms with Gasteiger partial charge in [-0.15, -0.1) is 11.3 Å². The maximum absolute atomic E-state index is 5.17. The summed E-state index contributed by atoms with van der Waals surface area (Å²) in [5.41, 5.74) is 3.82. The van der Waals surface area contributed by atoms with Gasteiger partial charge < -0.3 is 10.1 Å². The molecule has 0 aliphatic heterocycles. The van der Waals surface area contributed by atoms with Crippen LogP contribution in [0.2, 0.25) is 0 Å². The third-order valence-corrected chi connectivity index (χ3v) is 4.83. The summed E-state index contributed by atoms with van der Waals surface area (Å²) in [6.07, 6.45) is 1.03. The van der Waals surface area contributed by atoms with Crippen molar-refractivity contribution in [2.75, 3.05) is 20.3 Å². The average molecular weight is 304 g/mol. The Balaban J connectivity index is 2.35. The minimum atomic E-state index is 0.147. The molecule has 0 aliphatic rings. The first kappa shape index (κ1) is 16.1. The second kappa shape index (κ2) is 7.69. The number of nitrogens with one attached hydrogen (secondary N) is 1. The van der Waals surface area contributed by atoms with E-state index in [1.165, 1.54) is 16.0 Å². The average Bonchev–Trinajstić information content (AvgIpc) is 2.83. The zero-order valence-corrected chi connectivity index (χ0v) is 14.1. The van der Waals surface area contributed by atoms with Gasteiger partial charge in [0.25, 0.3) is 0 Å². The normalized spacial score (nSPS) is 12.6. The number of hydrogen-bond acceptors (Lipinski definition) is 4. The molecule has 3 nitrogen and oxygen atoms in total. The molecular weight excluding hydrogens is 280 g/mol. The van der Waals surface area contributed by atoms with Crippen molar-refractivity contribution in [2.45, 2.75) is 33.2 Å². The van der Waals surface area contributed by atoms with Gasteiger partial charge in [-0.05, 0) is 31.4 Å². The molecule has 21 heavy (non-hydrogen) atoms. The molecule has 4 heteroatoms. The lowest BCUT2D eigenvalue weighted by Gasteiger charge is -2.19. The maximum atomic E-state index is 5.17. The van der Waals surface area contributed by atoms with Gasteiger partial charge in [-0.2, -0.15) is 0 Å². The molecule has 0 saturated carbocycles. The quantitative estimate of drug-likeness (QED) is 0.793. The number of nitrogens with zero attached hydrogens (tertiary/aromatic N) is 1. The van der Waals surface area contributed by atoms with E-state index in [4.69, 9.17) is 9.72 Å². The molecule has 0 amide bonds. The molecule has 114 valence electrons. The van der Waals surface area contributed by atoms with Crippen molar-refractivity contribution in [1.29, 1.82) is 0 Å². The highest BCUT2D eigenvalue weighted by Crippen LogP contribution is 2.30. The third-order valence-electron chi connectivity index (χ3n) is 3.69. The van der Waals surface area contributed by atoms with Crippen LogP contribution in [0.25, 0.3) is 0 Å². The molecular formula is C17H24N2OS. The van der Waals surface area contributed by atoms with Crippen LogP contribution in [-0.2, 0) is 11.2 Å². The lowest BCUT2D eigenvalue weighted by atomic mass is 9.99. The lowest BCUT2D eigenvalue weighted by molar-refractivity contribution is 0.197. The summed E-state index contributed by atoms with van der Waals surface area (Å²) in [6.45, 7) is 7.93. The molecule has 0 aliphatic carbocycles. The zero-order chi connectivity index (χ0) is 15.2. The van der Waals surface area contributed by atoms with E-state index in [0.717, 1.165) is 23.7 Å². The summed E-state index contributed by atoms with van der Waals surface area (Å²) in [5.74, 6) is 0. The van der Waals surface area contributed by atoms with Gasteiger partial charge in [0.2, 0.25) is 0 Å². The third kappa shape index (κ3) is 3.90. The van der Waals surface area contributed by atoms with E-state index in [2.05, 4.69) is 50.4 Å². The Labute approximate surface area is 131 Å². The Hall–Kier alpha value is -1.23. The molecule has 0 saturated heterocycles. The van der Waals surface area contributed by atoms with Gasteiger partial charge in [-0.25, -0.2) is 4.98 Å². The fraction of sp³-hybridized carbons (Fsp3) is 0.471. The second-order valence-corrected chi connectivity index (χ2v) is 6.36. The first-order valence-corrected chi connectivity index (χ1v) is 8.23. The number of hydrogen-bond donors (Lipinski definition) is 1. The molecule has 1 aromatic carbocycles. The first-order chi connectivity index (χ1) is 10.2. The molecule has 1 unspecified atom stereocenters. The van der Waals surface area contributed by atoms with Gasteiger partial charge in [-0.3, -0.25) is 0 Å². The monoisotopic (exact) mass is 304 g/mol. The van der Waals surface area contributed by atoms with E-state index in [-0.39, 0.29) is 6.04 Å². The van der Waals surface area contributed by atoms with Gasteiger partial charge in [0.05, 0.1) is 18.3 Å². The zero-order valence-electron chi connectivity index (χ0n) is 13.3. The minimum Gasteiger partial charge on any atom is -0.383 e. The maximum Gasteiger partial charge on any atom is 0.115 e. The molecule has 0 spiro atoms. The second-order valence-electron chi connectivity index (χ2n) is 5.13. The predicted octanol–water partition coefficient (Wildman–Crippen LogP) is 3.65. The lowest BCUT2D eigenvalue weighted by Crippen LogP contribution is -2.26. The van der Waals surface area contributed by atoms with Crippen molar-refractivity contribution < 1.29 is 4.74 Å². The van der Waals surface area contributed by atoms with Gasteiger partial charge in [0.15, 0.2) is 0 Å². The van der Waals surface area contributed by atoms with E-state index >= 15 is 0 Å². The Bertz CT molecular complexity index is 560. The molecule has 1 atom stereocenters. The van der Waals surface area contributed by atoms with Crippen LogP contribution in [0, 0.1) is 13.8 Å². The predicted molar refractivity (Wildman–Crippen MR) is 89.1 cm³/mol. The standard InChI is InChI=1S/C17H24N2OS/c1-5-14-8-6-7-9-15(14)16(18-10-11-20-4)17-19-12(2)13(3)21-17/h6-9,16,18H,5,10-11H2,1-4H3. The number of methoxy groups -OCH3 is 1. The topological polar surface area (TPSA) is 34.1 Å². The highest BCUT2D eigenvalue weighted by molar-refractivity contribution is 7.11. The number of aryl methyl sites for hydroxylation is 3. The number of rotatable bonds is 7. The van der Waals surface area contributed by atoms with Crippen LogP contribution < -0.4 is 5.32 Å². The molecule has 0 bridgehead atoms. The fourth-order valence-corrected chi connectivity index (χ4v) is 3.41. The first-order valence-electron chi connectivity index (χ1n) is 7.41. The Morgan fingerprint density at radius 2 is 2.05 bits per heavy atom. The van der Waals surface area contributed by atoms with E-state index in [1.54, 1.807) is 18.4 Å². The Morgan fingerprint density at radius 3 is 2.67 bits per heavy atom. The number of thiazole rings is 1. The van der Waals surface area contributed by atoms with Crippen molar-refractivity contribution in [1.82, 2.24) is 10.3 Å². The van der Waals surface area contributed by atoms with Crippen LogP contribution in [0.1, 0.15) is 39.7 Å². The summed E-state index contributed by atoms with van der Waals surface area (Å²) in [4.78, 5) is 6.05. The van der Waals surface area contributed by atoms with Crippen LogP contribution in [-0.4, -0.2) is 25.2 Å². The van der Waals surface area contributed by atoms with Crippen LogP contribution in [0.15, 0.2) is 24.3 Å². The summed E-state index contributed by atoms with van der Waals surface area (Å²) < 4.78 is 5.17. The van der Waals surface area contributed by atoms with Gasteiger partial charge >= 0.3 is 0 Å². The van der Waals surface area contributed by atoms with Gasteiger partial charge in [0, 0.05) is 18.5 Å². The van der Waals surface area contributed by atoms with Gasteiger partial charge in [-0.1, -0.05) is 31.2 Å². The number of ether oxygens (including phenoxy) is 1. The Kier molecular flexibility index (Phi) is 5.91. The van der Waals surface area contributed by atoms with Crippen LogP contribution in [0.3, 0.4) is 0 Å². The minimum absolute atomic E-state index is 0.147. The molecule has 1 aromatic heterocycles. The summed E-state index contributed by atoms with van der Waals surface area (Å²) in [5, 5.41) is 4.73. The largest absolute Gasteiger partial charge is 0.383 e. The SMILES string of the molecule is CCc1ccccc1C(NCCOC)c1nc(C)c(C)s1. The smallest absolute Gasteiger partial charge is 0.115 e. The highest BCUT2D eigenvalue weighted by atomic mass is 32.1. The highest BCUT2D eigenvalue weighted by Gasteiger charge is 2.20. The summed E-state index contributed by atoms with van der Waals surface area (Å²) >= 11 is 1.78. The van der Waals surface area contributed by atoms with E-state index in [9.17, 15) is 0 Å². The van der Waals surface area contributed by atoms with E-state index in [0.29, 0.717) is 6.61 Å². The van der Waals surface area contributed by atoms with Crippen LogP contribution >= 0.6 is 11.3 Å². The molecule has 2 aromatic rings. The van der Waals surface area contributed by atoms with Crippen LogP contribution in [0.5, 0.6) is 0 Å². The molecule has 0 fully saturated rings.